The van der Waals surface area contributed by atoms with Crippen molar-refractivity contribution in [3.05, 3.63) is 0 Å². The summed E-state index contributed by atoms with van der Waals surface area (Å²) in [5, 5.41) is 3.57. The number of carbonyl (C=O) groups excluding carboxylic acids is 1. The molecule has 3 atom stereocenters. The van der Waals surface area contributed by atoms with Gasteiger partial charge in [-0.3, -0.25) is 14.7 Å². The van der Waals surface area contributed by atoms with Crippen molar-refractivity contribution >= 4 is 35.9 Å². The molecular formula is C19H37IN4O2. The van der Waals surface area contributed by atoms with E-state index in [1.165, 1.54) is 52.3 Å². The molecule has 2 fully saturated rings. The first-order valence-corrected chi connectivity index (χ1v) is 9.88. The third-order valence-electron chi connectivity index (χ3n) is 5.67. The number of halogens is 1. The smallest absolute Gasteiger partial charge is 0.310 e. The predicted octanol–water partition coefficient (Wildman–Crippen LogP) is 2.58. The van der Waals surface area contributed by atoms with Crippen molar-refractivity contribution in [2.75, 3.05) is 46.9 Å². The van der Waals surface area contributed by atoms with Crippen molar-refractivity contribution < 1.29 is 9.53 Å². The Balaban J connectivity index is 0.00000338. The number of hydrogen-bond donors (Lipinski definition) is 1. The van der Waals surface area contributed by atoms with Crippen molar-refractivity contribution in [3.8, 4) is 0 Å². The minimum Gasteiger partial charge on any atom is -0.469 e. The topological polar surface area (TPSA) is 57.2 Å². The normalized spacial score (nSPS) is 27.2. The van der Waals surface area contributed by atoms with Gasteiger partial charge in [-0.2, -0.15) is 0 Å². The van der Waals surface area contributed by atoms with E-state index >= 15 is 0 Å². The number of ether oxygens (including phenoxy) is 1. The van der Waals surface area contributed by atoms with Gasteiger partial charge in [-0.1, -0.05) is 26.7 Å². The molecule has 0 aromatic heterocycles. The molecule has 2 heterocycles. The van der Waals surface area contributed by atoms with Crippen LogP contribution in [-0.2, 0) is 9.53 Å². The van der Waals surface area contributed by atoms with Gasteiger partial charge in [0, 0.05) is 32.7 Å². The van der Waals surface area contributed by atoms with Crippen LogP contribution in [0.2, 0.25) is 0 Å². The van der Waals surface area contributed by atoms with Crippen LogP contribution in [0.5, 0.6) is 0 Å². The van der Waals surface area contributed by atoms with Crippen LogP contribution in [-0.4, -0.2) is 74.7 Å². The van der Waals surface area contributed by atoms with E-state index in [2.05, 4.69) is 34.0 Å². The van der Waals surface area contributed by atoms with Crippen LogP contribution in [0.15, 0.2) is 4.99 Å². The highest BCUT2D eigenvalue weighted by Crippen LogP contribution is 2.24. The van der Waals surface area contributed by atoms with E-state index in [0.29, 0.717) is 18.5 Å². The second-order valence-corrected chi connectivity index (χ2v) is 7.48. The monoisotopic (exact) mass is 480 g/mol. The summed E-state index contributed by atoms with van der Waals surface area (Å²) in [5.41, 5.74) is 0. The van der Waals surface area contributed by atoms with Crippen molar-refractivity contribution in [1.82, 2.24) is 15.1 Å². The molecule has 152 valence electrons. The quantitative estimate of drug-likeness (QED) is 0.274. The molecular weight excluding hydrogens is 443 g/mol. The van der Waals surface area contributed by atoms with Crippen LogP contribution in [0.3, 0.4) is 0 Å². The van der Waals surface area contributed by atoms with E-state index in [1.807, 2.05) is 7.05 Å². The number of nitrogens with one attached hydrogen (secondary N) is 1. The predicted molar refractivity (Wildman–Crippen MR) is 117 cm³/mol. The first kappa shape index (κ1) is 23.5. The third kappa shape index (κ3) is 6.25. The molecule has 0 bridgehead atoms. The number of likely N-dealkylation sites (tertiary alicyclic amines) is 2. The summed E-state index contributed by atoms with van der Waals surface area (Å²) >= 11 is 0. The van der Waals surface area contributed by atoms with E-state index in [1.54, 1.807) is 0 Å². The van der Waals surface area contributed by atoms with Gasteiger partial charge in [-0.25, -0.2) is 0 Å². The summed E-state index contributed by atoms with van der Waals surface area (Å²) in [6.45, 7) is 9.27. The number of unbranched alkanes of at least 4 members (excludes halogenated alkanes) is 1. The minimum absolute atomic E-state index is 0. The van der Waals surface area contributed by atoms with Gasteiger partial charge < -0.3 is 15.0 Å². The lowest BCUT2D eigenvalue weighted by atomic mass is 9.99. The summed E-state index contributed by atoms with van der Waals surface area (Å²) < 4.78 is 4.94. The van der Waals surface area contributed by atoms with Gasteiger partial charge in [0.1, 0.15) is 0 Å². The highest BCUT2D eigenvalue weighted by Gasteiger charge is 2.37. The van der Waals surface area contributed by atoms with Crippen LogP contribution in [0.1, 0.15) is 46.0 Å². The lowest BCUT2D eigenvalue weighted by Crippen LogP contribution is -2.50. The van der Waals surface area contributed by atoms with Gasteiger partial charge in [-0.05, 0) is 38.3 Å². The summed E-state index contributed by atoms with van der Waals surface area (Å²) in [4.78, 5) is 21.2. The van der Waals surface area contributed by atoms with Crippen molar-refractivity contribution in [2.45, 2.75) is 52.0 Å². The Labute approximate surface area is 176 Å². The number of esters is 1. The van der Waals surface area contributed by atoms with Crippen molar-refractivity contribution in [2.24, 2.45) is 16.8 Å². The Morgan fingerprint density at radius 2 is 2.08 bits per heavy atom. The van der Waals surface area contributed by atoms with Crippen molar-refractivity contribution in [1.29, 1.82) is 0 Å². The van der Waals surface area contributed by atoms with E-state index in [-0.39, 0.29) is 35.9 Å². The maximum atomic E-state index is 11.9. The number of guanidine groups is 1. The number of carbonyl (C=O) groups is 1. The zero-order valence-electron chi connectivity index (χ0n) is 16.9. The number of piperidine rings is 1. The van der Waals surface area contributed by atoms with E-state index < -0.39 is 0 Å². The Morgan fingerprint density at radius 3 is 2.73 bits per heavy atom. The number of hydrogen-bond acceptors (Lipinski definition) is 4. The SMILES string of the molecule is CCCCN1CCCCC1CNC(=NC)N1CC(C)C(C(=O)OC)C1.I. The zero-order chi connectivity index (χ0) is 18.2. The van der Waals surface area contributed by atoms with E-state index in [4.69, 9.17) is 4.74 Å². The molecule has 3 unspecified atom stereocenters. The summed E-state index contributed by atoms with van der Waals surface area (Å²) in [7, 11) is 3.30. The third-order valence-corrected chi connectivity index (χ3v) is 5.67. The van der Waals surface area contributed by atoms with Crippen LogP contribution < -0.4 is 5.32 Å². The molecule has 0 aliphatic carbocycles. The molecule has 0 amide bonds. The first-order valence-electron chi connectivity index (χ1n) is 9.88. The van der Waals surface area contributed by atoms with Crippen LogP contribution >= 0.6 is 24.0 Å². The Hall–Kier alpha value is -0.570. The van der Waals surface area contributed by atoms with Crippen molar-refractivity contribution in [3.63, 3.8) is 0 Å². The molecule has 2 aliphatic heterocycles. The average molecular weight is 480 g/mol. The fourth-order valence-electron chi connectivity index (χ4n) is 4.09. The summed E-state index contributed by atoms with van der Waals surface area (Å²) in [6, 6.07) is 0.591. The van der Waals surface area contributed by atoms with Gasteiger partial charge in [0.05, 0.1) is 13.0 Å². The van der Waals surface area contributed by atoms with E-state index in [0.717, 1.165) is 19.0 Å². The second kappa shape index (κ2) is 12.0. The fraction of sp³-hybridized carbons (Fsp3) is 0.895. The second-order valence-electron chi connectivity index (χ2n) is 7.48. The zero-order valence-corrected chi connectivity index (χ0v) is 19.2. The molecule has 0 aromatic rings. The molecule has 26 heavy (non-hydrogen) atoms. The summed E-state index contributed by atoms with van der Waals surface area (Å²) in [5.74, 6) is 1.05. The molecule has 2 saturated heterocycles. The van der Waals surface area contributed by atoms with E-state index in [9.17, 15) is 4.79 Å². The number of aliphatic imine (C=N–C) groups is 1. The Kier molecular flexibility index (Phi) is 10.8. The molecule has 6 nitrogen and oxygen atoms in total. The molecule has 0 radical (unpaired) electrons. The molecule has 0 aromatic carbocycles. The molecule has 1 N–H and O–H groups in total. The highest BCUT2D eigenvalue weighted by molar-refractivity contribution is 14.0. The van der Waals surface area contributed by atoms with Gasteiger partial charge in [-0.15, -0.1) is 24.0 Å². The number of rotatable bonds is 6. The largest absolute Gasteiger partial charge is 0.469 e. The minimum atomic E-state index is -0.108. The van der Waals surface area contributed by atoms with Crippen LogP contribution in [0.25, 0.3) is 0 Å². The molecule has 7 heteroatoms. The van der Waals surface area contributed by atoms with Gasteiger partial charge in [0.2, 0.25) is 0 Å². The van der Waals surface area contributed by atoms with Gasteiger partial charge >= 0.3 is 5.97 Å². The lowest BCUT2D eigenvalue weighted by Gasteiger charge is -2.36. The Morgan fingerprint density at radius 1 is 1.31 bits per heavy atom. The van der Waals surface area contributed by atoms with Crippen LogP contribution in [0.4, 0.5) is 0 Å². The number of methoxy groups -OCH3 is 1. The molecule has 2 aliphatic rings. The standard InChI is InChI=1S/C19H36N4O2.HI/c1-5-6-10-22-11-8-7-9-16(22)12-21-19(20-3)23-13-15(2)17(14-23)18(24)25-4;/h15-17H,5-14H2,1-4H3,(H,20,21);1H. The average Bonchev–Trinajstić information content (AvgIpc) is 3.02. The van der Waals surface area contributed by atoms with Gasteiger partial charge in [0.15, 0.2) is 5.96 Å². The number of nitrogens with zero attached hydrogens (tertiary/aromatic N) is 3. The van der Waals surface area contributed by atoms with Crippen LogP contribution in [0, 0.1) is 11.8 Å². The molecule has 0 spiro atoms. The maximum absolute atomic E-state index is 11.9. The lowest BCUT2D eigenvalue weighted by molar-refractivity contribution is -0.145. The highest BCUT2D eigenvalue weighted by atomic mass is 127. The Bertz CT molecular complexity index is 461. The summed E-state index contributed by atoms with van der Waals surface area (Å²) in [6.07, 6.45) is 6.42. The molecule has 0 saturated carbocycles. The maximum Gasteiger partial charge on any atom is 0.310 e. The fourth-order valence-corrected chi connectivity index (χ4v) is 4.09. The molecule has 2 rings (SSSR count). The van der Waals surface area contributed by atoms with Gasteiger partial charge in [0.25, 0.3) is 0 Å². The first-order chi connectivity index (χ1) is 12.1.